The lowest BCUT2D eigenvalue weighted by Gasteiger charge is -2.31. The van der Waals surface area contributed by atoms with E-state index in [2.05, 4.69) is 5.32 Å². The Labute approximate surface area is 190 Å². The normalized spacial score (nSPS) is 17.3. The highest BCUT2D eigenvalue weighted by molar-refractivity contribution is 6.21. The molecule has 9 heteroatoms. The molecule has 1 fully saturated rings. The van der Waals surface area contributed by atoms with E-state index in [1.54, 1.807) is 47.4 Å². The molecule has 3 aliphatic rings. The molecule has 1 N–H and O–H groups in total. The predicted octanol–water partition coefficient (Wildman–Crippen LogP) is 2.28. The lowest BCUT2D eigenvalue weighted by atomic mass is 9.95. The lowest BCUT2D eigenvalue weighted by molar-refractivity contribution is -0.134. The average Bonchev–Trinajstić information content (AvgIpc) is 3.40. The zero-order valence-electron chi connectivity index (χ0n) is 17.9. The Balaban J connectivity index is 1.10. The van der Waals surface area contributed by atoms with E-state index >= 15 is 0 Å². The minimum Gasteiger partial charge on any atom is -0.454 e. The molecule has 3 heterocycles. The van der Waals surface area contributed by atoms with Gasteiger partial charge in [0.25, 0.3) is 11.8 Å². The highest BCUT2D eigenvalue weighted by Crippen LogP contribution is 2.34. The van der Waals surface area contributed by atoms with Crippen LogP contribution in [0.3, 0.4) is 0 Å². The van der Waals surface area contributed by atoms with Gasteiger partial charge in [-0.05, 0) is 37.1 Å². The maximum absolute atomic E-state index is 12.7. The van der Waals surface area contributed by atoms with Crippen molar-refractivity contribution in [2.24, 2.45) is 5.92 Å². The van der Waals surface area contributed by atoms with Crippen molar-refractivity contribution in [1.82, 2.24) is 9.80 Å². The summed E-state index contributed by atoms with van der Waals surface area (Å²) in [5, 5.41) is 2.91. The molecule has 0 saturated carbocycles. The highest BCUT2D eigenvalue weighted by atomic mass is 16.7. The number of carbonyl (C=O) groups is 4. The highest BCUT2D eigenvalue weighted by Gasteiger charge is 2.35. The van der Waals surface area contributed by atoms with Gasteiger partial charge in [0.2, 0.25) is 18.6 Å². The first-order chi connectivity index (χ1) is 16.0. The summed E-state index contributed by atoms with van der Waals surface area (Å²) in [6.07, 6.45) is 1.17. The van der Waals surface area contributed by atoms with Gasteiger partial charge in [-0.25, -0.2) is 0 Å². The van der Waals surface area contributed by atoms with Crippen LogP contribution >= 0.6 is 0 Å². The number of ether oxygens (including phenoxy) is 2. The van der Waals surface area contributed by atoms with E-state index in [-0.39, 0.29) is 49.3 Å². The van der Waals surface area contributed by atoms with Crippen LogP contribution in [0.4, 0.5) is 5.69 Å². The summed E-state index contributed by atoms with van der Waals surface area (Å²) in [5.41, 5.74) is 1.40. The van der Waals surface area contributed by atoms with E-state index in [0.717, 1.165) is 4.90 Å². The molecule has 170 valence electrons. The maximum Gasteiger partial charge on any atom is 0.261 e. The minimum absolute atomic E-state index is 0.0513. The number of piperidine rings is 1. The average molecular weight is 449 g/mol. The Morgan fingerprint density at radius 2 is 1.61 bits per heavy atom. The molecule has 0 spiro atoms. The molecular formula is C24H23N3O6. The van der Waals surface area contributed by atoms with E-state index in [4.69, 9.17) is 9.47 Å². The molecule has 0 bridgehead atoms. The summed E-state index contributed by atoms with van der Waals surface area (Å²) in [4.78, 5) is 53.0. The number of hydrogen-bond acceptors (Lipinski definition) is 6. The number of amides is 4. The molecule has 2 aromatic carbocycles. The van der Waals surface area contributed by atoms with Crippen molar-refractivity contribution < 1.29 is 28.7 Å². The number of carbonyl (C=O) groups excluding carboxylic acids is 4. The van der Waals surface area contributed by atoms with Gasteiger partial charge < -0.3 is 19.7 Å². The van der Waals surface area contributed by atoms with Crippen molar-refractivity contribution in [2.45, 2.75) is 19.3 Å². The third-order valence-electron chi connectivity index (χ3n) is 6.29. The second kappa shape index (κ2) is 8.57. The molecule has 0 atom stereocenters. The van der Waals surface area contributed by atoms with Crippen molar-refractivity contribution in [3.05, 3.63) is 53.6 Å². The SMILES string of the molecule is O=C(Nc1ccc2c(c1)OCO2)C1CCN(C(=O)CCN2C(=O)c3ccccc3C2=O)CC1. The summed E-state index contributed by atoms with van der Waals surface area (Å²) in [7, 11) is 0. The summed E-state index contributed by atoms with van der Waals surface area (Å²) >= 11 is 0. The number of likely N-dealkylation sites (tertiary alicyclic amines) is 1. The van der Waals surface area contributed by atoms with E-state index in [1.807, 2.05) is 0 Å². The van der Waals surface area contributed by atoms with Crippen LogP contribution < -0.4 is 14.8 Å². The molecule has 3 aliphatic heterocycles. The van der Waals surface area contributed by atoms with Crippen molar-refractivity contribution >= 4 is 29.3 Å². The van der Waals surface area contributed by atoms with Gasteiger partial charge in [0.15, 0.2) is 11.5 Å². The first-order valence-electron chi connectivity index (χ1n) is 10.9. The topological polar surface area (TPSA) is 105 Å². The minimum atomic E-state index is -0.359. The molecular weight excluding hydrogens is 426 g/mol. The van der Waals surface area contributed by atoms with Crippen LogP contribution in [0.25, 0.3) is 0 Å². The van der Waals surface area contributed by atoms with Crippen LogP contribution in [0, 0.1) is 5.92 Å². The molecule has 0 aliphatic carbocycles. The second-order valence-corrected chi connectivity index (χ2v) is 8.27. The summed E-state index contributed by atoms with van der Waals surface area (Å²) in [6.45, 7) is 1.14. The quantitative estimate of drug-likeness (QED) is 0.703. The fourth-order valence-electron chi connectivity index (χ4n) is 4.42. The van der Waals surface area contributed by atoms with Crippen molar-refractivity contribution in [3.8, 4) is 11.5 Å². The summed E-state index contributed by atoms with van der Waals surface area (Å²) in [5.74, 6) is 0.126. The number of rotatable bonds is 5. The number of imide groups is 1. The molecule has 4 amide bonds. The second-order valence-electron chi connectivity index (χ2n) is 8.27. The zero-order valence-corrected chi connectivity index (χ0v) is 17.9. The standard InChI is InChI=1S/C24H23N3O6/c28-21(9-12-27-23(30)17-3-1-2-4-18(17)24(27)31)26-10-7-15(8-11-26)22(29)25-16-5-6-19-20(13-16)33-14-32-19/h1-6,13,15H,7-12,14H2,(H,25,29). The number of nitrogens with zero attached hydrogens (tertiary/aromatic N) is 2. The van der Waals surface area contributed by atoms with Crippen LogP contribution in [-0.2, 0) is 9.59 Å². The van der Waals surface area contributed by atoms with E-state index < -0.39 is 0 Å². The van der Waals surface area contributed by atoms with Crippen molar-refractivity contribution in [3.63, 3.8) is 0 Å². The Bertz CT molecular complexity index is 1100. The van der Waals surface area contributed by atoms with E-state index in [9.17, 15) is 19.2 Å². The van der Waals surface area contributed by atoms with Gasteiger partial charge >= 0.3 is 0 Å². The molecule has 0 radical (unpaired) electrons. The van der Waals surface area contributed by atoms with E-state index in [0.29, 0.717) is 54.2 Å². The summed E-state index contributed by atoms with van der Waals surface area (Å²) < 4.78 is 10.6. The number of fused-ring (bicyclic) bond motifs is 2. The van der Waals surface area contributed by atoms with Gasteiger partial charge in [0.05, 0.1) is 11.1 Å². The molecule has 0 unspecified atom stereocenters. The lowest BCUT2D eigenvalue weighted by Crippen LogP contribution is -2.43. The number of benzene rings is 2. The molecule has 1 saturated heterocycles. The van der Waals surface area contributed by atoms with Crippen LogP contribution in [0.1, 0.15) is 40.0 Å². The van der Waals surface area contributed by atoms with Crippen LogP contribution in [-0.4, -0.2) is 59.9 Å². The third-order valence-corrected chi connectivity index (χ3v) is 6.29. The maximum atomic E-state index is 12.7. The van der Waals surface area contributed by atoms with Gasteiger partial charge in [-0.2, -0.15) is 0 Å². The van der Waals surface area contributed by atoms with Crippen LogP contribution in [0.5, 0.6) is 11.5 Å². The largest absolute Gasteiger partial charge is 0.454 e. The molecule has 0 aromatic heterocycles. The molecule has 33 heavy (non-hydrogen) atoms. The van der Waals surface area contributed by atoms with E-state index in [1.165, 1.54) is 0 Å². The van der Waals surface area contributed by atoms with Crippen LogP contribution in [0.15, 0.2) is 42.5 Å². The van der Waals surface area contributed by atoms with Crippen molar-refractivity contribution in [2.75, 3.05) is 31.7 Å². The predicted molar refractivity (Wildman–Crippen MR) is 117 cm³/mol. The zero-order chi connectivity index (χ0) is 22.9. The number of hydrogen-bond donors (Lipinski definition) is 1. The summed E-state index contributed by atoms with van der Waals surface area (Å²) in [6, 6.07) is 11.9. The fraction of sp³-hybridized carbons (Fsp3) is 0.333. The monoisotopic (exact) mass is 449 g/mol. The Morgan fingerprint density at radius 1 is 0.939 bits per heavy atom. The first kappa shape index (κ1) is 21.0. The number of nitrogens with one attached hydrogen (secondary N) is 1. The Hall–Kier alpha value is -3.88. The first-order valence-corrected chi connectivity index (χ1v) is 10.9. The fourth-order valence-corrected chi connectivity index (χ4v) is 4.42. The van der Waals surface area contributed by atoms with Crippen molar-refractivity contribution in [1.29, 1.82) is 0 Å². The third kappa shape index (κ3) is 4.02. The van der Waals surface area contributed by atoms with Gasteiger partial charge in [0.1, 0.15) is 0 Å². The van der Waals surface area contributed by atoms with Gasteiger partial charge in [0, 0.05) is 43.7 Å². The Kier molecular flexibility index (Phi) is 5.45. The van der Waals surface area contributed by atoms with Gasteiger partial charge in [-0.1, -0.05) is 12.1 Å². The van der Waals surface area contributed by atoms with Gasteiger partial charge in [-0.3, -0.25) is 24.1 Å². The van der Waals surface area contributed by atoms with Crippen LogP contribution in [0.2, 0.25) is 0 Å². The Morgan fingerprint density at radius 3 is 2.30 bits per heavy atom. The molecule has 2 aromatic rings. The van der Waals surface area contributed by atoms with Gasteiger partial charge in [-0.15, -0.1) is 0 Å². The number of anilines is 1. The smallest absolute Gasteiger partial charge is 0.261 e. The molecule has 9 nitrogen and oxygen atoms in total. The molecule has 5 rings (SSSR count).